The summed E-state index contributed by atoms with van der Waals surface area (Å²) in [7, 11) is 0. The maximum Gasteiger partial charge on any atom is 0.164 e. The van der Waals surface area contributed by atoms with Crippen LogP contribution in [0.4, 0.5) is 4.39 Å². The van der Waals surface area contributed by atoms with Gasteiger partial charge in [0.15, 0.2) is 11.6 Å². The van der Waals surface area contributed by atoms with E-state index in [1.165, 1.54) is 19.1 Å². The third kappa shape index (κ3) is 1.68. The first-order valence-corrected chi connectivity index (χ1v) is 3.84. The van der Waals surface area contributed by atoms with Crippen molar-refractivity contribution < 1.29 is 9.18 Å². The van der Waals surface area contributed by atoms with Crippen molar-refractivity contribution in [3.05, 3.63) is 34.1 Å². The van der Waals surface area contributed by atoms with Crippen molar-refractivity contribution in [3.63, 3.8) is 0 Å². The van der Waals surface area contributed by atoms with Gasteiger partial charge in [0.25, 0.3) is 0 Å². The quantitative estimate of drug-likeness (QED) is 0.650. The van der Waals surface area contributed by atoms with Crippen LogP contribution in [0.25, 0.3) is 0 Å². The molecule has 0 saturated heterocycles. The summed E-state index contributed by atoms with van der Waals surface area (Å²) < 4.78 is 13.3. The molecule has 1 aromatic rings. The van der Waals surface area contributed by atoms with Crippen LogP contribution in [0.15, 0.2) is 12.1 Å². The highest BCUT2D eigenvalue weighted by Crippen LogP contribution is 2.22. The lowest BCUT2D eigenvalue weighted by Gasteiger charge is -2.02. The van der Waals surface area contributed by atoms with E-state index in [2.05, 4.69) is 0 Å². The van der Waals surface area contributed by atoms with Gasteiger partial charge in [-0.3, -0.25) is 4.79 Å². The summed E-state index contributed by atoms with van der Waals surface area (Å²) in [6.45, 7) is 1.20. The fourth-order valence-corrected chi connectivity index (χ4v) is 1.24. The van der Waals surface area contributed by atoms with Crippen molar-refractivity contribution in [2.75, 3.05) is 0 Å². The molecule has 0 amide bonds. The van der Waals surface area contributed by atoms with Crippen LogP contribution in [0.1, 0.15) is 22.8 Å². The van der Waals surface area contributed by atoms with Gasteiger partial charge in [0, 0.05) is 0 Å². The smallest absolute Gasteiger partial charge is 0.164 e. The first kappa shape index (κ1) is 9.69. The normalized spacial score (nSPS) is 9.38. The predicted octanol–water partition coefficient (Wildman–Crippen LogP) is 2.55. The van der Waals surface area contributed by atoms with E-state index in [0.717, 1.165) is 0 Å². The Labute approximate surface area is 79.5 Å². The van der Waals surface area contributed by atoms with Crippen LogP contribution < -0.4 is 0 Å². The monoisotopic (exact) mass is 197 g/mol. The molecule has 4 heteroatoms. The Bertz CT molecular complexity index is 409. The molecule has 0 aliphatic carbocycles. The molecule has 0 N–H and O–H groups in total. The van der Waals surface area contributed by atoms with Gasteiger partial charge in [-0.1, -0.05) is 11.6 Å². The molecule has 0 bridgehead atoms. The number of nitriles is 1. The number of hydrogen-bond donors (Lipinski definition) is 0. The molecule has 1 rings (SSSR count). The lowest BCUT2D eigenvalue weighted by atomic mass is 10.1. The summed E-state index contributed by atoms with van der Waals surface area (Å²) in [5.74, 6) is -1.33. The SMILES string of the molecule is CC(=O)c1c(Cl)ccc(C#N)c1F. The van der Waals surface area contributed by atoms with Gasteiger partial charge >= 0.3 is 0 Å². The number of carbonyl (C=O) groups is 1. The van der Waals surface area contributed by atoms with Crippen LogP contribution in [-0.4, -0.2) is 5.78 Å². The molecule has 0 aliphatic heterocycles. The van der Waals surface area contributed by atoms with E-state index in [1.54, 1.807) is 6.07 Å². The highest BCUT2D eigenvalue weighted by Gasteiger charge is 2.15. The standard InChI is InChI=1S/C9H5ClFNO/c1-5(13)8-7(10)3-2-6(4-12)9(8)11/h2-3H,1H3. The second kappa shape index (κ2) is 3.55. The first-order chi connectivity index (χ1) is 6.07. The molecule has 1 aromatic carbocycles. The van der Waals surface area contributed by atoms with Crippen LogP contribution >= 0.6 is 11.6 Å². The van der Waals surface area contributed by atoms with E-state index in [1.807, 2.05) is 0 Å². The zero-order valence-electron chi connectivity index (χ0n) is 6.77. The second-order valence-electron chi connectivity index (χ2n) is 2.45. The topological polar surface area (TPSA) is 40.9 Å². The van der Waals surface area contributed by atoms with E-state index in [9.17, 15) is 9.18 Å². The van der Waals surface area contributed by atoms with Crippen LogP contribution in [0.2, 0.25) is 5.02 Å². The summed E-state index contributed by atoms with van der Waals surface area (Å²) in [6.07, 6.45) is 0. The lowest BCUT2D eigenvalue weighted by Crippen LogP contribution is -2.00. The summed E-state index contributed by atoms with van der Waals surface area (Å²) in [5, 5.41) is 8.50. The van der Waals surface area contributed by atoms with Crippen molar-refractivity contribution in [2.24, 2.45) is 0 Å². The number of nitrogens with zero attached hydrogens (tertiary/aromatic N) is 1. The average molecular weight is 198 g/mol. The molecule has 13 heavy (non-hydrogen) atoms. The number of Topliss-reactive ketones (excluding diaryl/α,β-unsaturated/α-hetero) is 1. The van der Waals surface area contributed by atoms with Gasteiger partial charge in [0.05, 0.1) is 16.1 Å². The van der Waals surface area contributed by atoms with Gasteiger partial charge in [-0.25, -0.2) is 4.39 Å². The minimum Gasteiger partial charge on any atom is -0.294 e. The third-order valence-electron chi connectivity index (χ3n) is 1.56. The number of hydrogen-bond acceptors (Lipinski definition) is 2. The molecule has 0 unspecified atom stereocenters. The van der Waals surface area contributed by atoms with E-state index < -0.39 is 11.6 Å². The maximum absolute atomic E-state index is 13.3. The number of benzene rings is 1. The first-order valence-electron chi connectivity index (χ1n) is 3.47. The highest BCUT2D eigenvalue weighted by atomic mass is 35.5. The molecule has 0 atom stereocenters. The number of carbonyl (C=O) groups excluding carboxylic acids is 1. The number of ketones is 1. The summed E-state index contributed by atoms with van der Waals surface area (Å²) in [5.41, 5.74) is -0.393. The van der Waals surface area contributed by atoms with Crippen molar-refractivity contribution >= 4 is 17.4 Å². The minimum absolute atomic E-state index is 0.0315. The van der Waals surface area contributed by atoms with E-state index in [-0.39, 0.29) is 16.1 Å². The molecular formula is C9H5ClFNO. The molecule has 0 aromatic heterocycles. The third-order valence-corrected chi connectivity index (χ3v) is 1.88. The Balaban J connectivity index is 3.50. The van der Waals surface area contributed by atoms with Gasteiger partial charge in [-0.15, -0.1) is 0 Å². The fourth-order valence-electron chi connectivity index (χ4n) is 0.962. The number of halogens is 2. The molecule has 0 aliphatic rings. The van der Waals surface area contributed by atoms with Crippen molar-refractivity contribution in [3.8, 4) is 6.07 Å². The minimum atomic E-state index is -0.845. The highest BCUT2D eigenvalue weighted by molar-refractivity contribution is 6.33. The molecule has 0 heterocycles. The maximum atomic E-state index is 13.3. The Morgan fingerprint density at radius 1 is 1.62 bits per heavy atom. The van der Waals surface area contributed by atoms with Gasteiger partial charge in [-0.05, 0) is 19.1 Å². The van der Waals surface area contributed by atoms with Gasteiger partial charge in [-0.2, -0.15) is 5.26 Å². The predicted molar refractivity (Wildman–Crippen MR) is 46.1 cm³/mol. The van der Waals surface area contributed by atoms with E-state index in [0.29, 0.717) is 0 Å². The zero-order chi connectivity index (χ0) is 10.0. The van der Waals surface area contributed by atoms with E-state index >= 15 is 0 Å². The van der Waals surface area contributed by atoms with Crippen LogP contribution in [0, 0.1) is 17.1 Å². The second-order valence-corrected chi connectivity index (χ2v) is 2.86. The Kier molecular flexibility index (Phi) is 2.64. The molecule has 0 fully saturated rings. The van der Waals surface area contributed by atoms with Gasteiger partial charge in [0.1, 0.15) is 6.07 Å². The fraction of sp³-hybridized carbons (Fsp3) is 0.111. The molecule has 2 nitrogen and oxygen atoms in total. The summed E-state index contributed by atoms with van der Waals surface area (Å²) in [6, 6.07) is 4.21. The average Bonchev–Trinajstić information content (AvgIpc) is 2.04. The molecule has 0 saturated carbocycles. The zero-order valence-corrected chi connectivity index (χ0v) is 7.52. The molecule has 66 valence electrons. The van der Waals surface area contributed by atoms with Crippen LogP contribution in [0.5, 0.6) is 0 Å². The molecule has 0 radical (unpaired) electrons. The number of rotatable bonds is 1. The van der Waals surface area contributed by atoms with Crippen LogP contribution in [0.3, 0.4) is 0 Å². The summed E-state index contributed by atoms with van der Waals surface area (Å²) in [4.78, 5) is 10.9. The lowest BCUT2D eigenvalue weighted by molar-refractivity contribution is 0.101. The summed E-state index contributed by atoms with van der Waals surface area (Å²) >= 11 is 5.58. The van der Waals surface area contributed by atoms with Gasteiger partial charge < -0.3 is 0 Å². The van der Waals surface area contributed by atoms with Gasteiger partial charge in [0.2, 0.25) is 0 Å². The van der Waals surface area contributed by atoms with Crippen molar-refractivity contribution in [1.29, 1.82) is 5.26 Å². The van der Waals surface area contributed by atoms with Crippen LogP contribution in [-0.2, 0) is 0 Å². The molecular weight excluding hydrogens is 193 g/mol. The van der Waals surface area contributed by atoms with E-state index in [4.69, 9.17) is 16.9 Å². The van der Waals surface area contributed by atoms with Crippen molar-refractivity contribution in [2.45, 2.75) is 6.92 Å². The Hall–Kier alpha value is -1.40. The Morgan fingerprint density at radius 3 is 2.69 bits per heavy atom. The molecule has 0 spiro atoms. The Morgan fingerprint density at radius 2 is 2.23 bits per heavy atom. The van der Waals surface area contributed by atoms with Crippen molar-refractivity contribution in [1.82, 2.24) is 0 Å². The largest absolute Gasteiger partial charge is 0.294 e.